The van der Waals surface area contributed by atoms with E-state index in [1.165, 1.54) is 0 Å². The van der Waals surface area contributed by atoms with Crippen molar-refractivity contribution < 1.29 is 9.90 Å². The molecule has 78 valence electrons. The number of aromatic hydroxyl groups is 1. The van der Waals surface area contributed by atoms with Crippen molar-refractivity contribution in [2.24, 2.45) is 5.73 Å². The average molecular weight is 211 g/mol. The van der Waals surface area contributed by atoms with Crippen LogP contribution in [0.2, 0.25) is 0 Å². The van der Waals surface area contributed by atoms with Crippen LogP contribution < -0.4 is 5.73 Å². The van der Waals surface area contributed by atoms with Crippen LogP contribution in [0.25, 0.3) is 10.8 Å². The fourth-order valence-electron chi connectivity index (χ4n) is 1.48. The van der Waals surface area contributed by atoms with Crippen molar-refractivity contribution in [1.82, 2.24) is 0 Å². The second kappa shape index (κ2) is 3.95. The van der Waals surface area contributed by atoms with Gasteiger partial charge in [-0.2, -0.15) is 0 Å². The molecule has 0 aromatic heterocycles. The number of fused-ring (bicyclic) bond motifs is 1. The molecule has 0 saturated heterocycles. The van der Waals surface area contributed by atoms with E-state index in [2.05, 4.69) is 11.8 Å². The van der Waals surface area contributed by atoms with Crippen molar-refractivity contribution in [1.29, 1.82) is 0 Å². The van der Waals surface area contributed by atoms with E-state index in [0.717, 1.165) is 5.39 Å². The lowest BCUT2D eigenvalue weighted by Crippen LogP contribution is -2.06. The average Bonchev–Trinajstić information content (AvgIpc) is 2.28. The summed E-state index contributed by atoms with van der Waals surface area (Å²) in [5, 5.41) is 11.5. The third-order valence-corrected chi connectivity index (χ3v) is 2.22. The molecule has 0 radical (unpaired) electrons. The van der Waals surface area contributed by atoms with E-state index in [9.17, 15) is 9.90 Å². The molecule has 0 heterocycles. The van der Waals surface area contributed by atoms with E-state index in [1.54, 1.807) is 12.1 Å². The standard InChI is InChI=1S/C13H9NO2/c14-12(15)8-7-10-6-5-9-3-1-2-4-11(9)13(10)16/h1-6,16H,(H2,14,15). The van der Waals surface area contributed by atoms with Gasteiger partial charge >= 0.3 is 0 Å². The van der Waals surface area contributed by atoms with Crippen molar-refractivity contribution >= 4 is 16.7 Å². The third-order valence-electron chi connectivity index (χ3n) is 2.22. The topological polar surface area (TPSA) is 63.3 Å². The van der Waals surface area contributed by atoms with E-state index in [1.807, 2.05) is 24.3 Å². The minimum Gasteiger partial charge on any atom is -0.506 e. The lowest BCUT2D eigenvalue weighted by atomic mass is 10.1. The first kappa shape index (κ1) is 10.1. The summed E-state index contributed by atoms with van der Waals surface area (Å²) >= 11 is 0. The summed E-state index contributed by atoms with van der Waals surface area (Å²) in [5.41, 5.74) is 5.31. The summed E-state index contributed by atoms with van der Waals surface area (Å²) in [5.74, 6) is 4.09. The highest BCUT2D eigenvalue weighted by atomic mass is 16.3. The summed E-state index contributed by atoms with van der Waals surface area (Å²) in [4.78, 5) is 10.5. The first-order valence-corrected chi connectivity index (χ1v) is 4.70. The number of phenols is 1. The van der Waals surface area contributed by atoms with Gasteiger partial charge in [0.25, 0.3) is 5.91 Å². The molecule has 2 aromatic rings. The maximum Gasteiger partial charge on any atom is 0.293 e. The number of rotatable bonds is 0. The molecule has 1 amide bonds. The highest BCUT2D eigenvalue weighted by Gasteiger charge is 2.03. The Morgan fingerprint density at radius 1 is 1.19 bits per heavy atom. The lowest BCUT2D eigenvalue weighted by molar-refractivity contribution is -0.112. The molecular weight excluding hydrogens is 202 g/mol. The zero-order chi connectivity index (χ0) is 11.5. The monoisotopic (exact) mass is 211 g/mol. The summed E-state index contributed by atoms with van der Waals surface area (Å²) in [6.45, 7) is 0. The number of nitrogens with two attached hydrogens (primary N) is 1. The molecule has 0 aliphatic heterocycles. The van der Waals surface area contributed by atoms with Crippen LogP contribution in [-0.2, 0) is 4.79 Å². The Morgan fingerprint density at radius 3 is 2.69 bits per heavy atom. The Bertz CT molecular complexity index is 621. The quantitative estimate of drug-likeness (QED) is 0.646. The molecule has 0 fully saturated rings. The number of hydrogen-bond donors (Lipinski definition) is 2. The fraction of sp³-hybridized carbons (Fsp3) is 0. The first-order chi connectivity index (χ1) is 7.68. The van der Waals surface area contributed by atoms with Gasteiger partial charge in [0.1, 0.15) is 5.75 Å². The molecular formula is C13H9NO2. The van der Waals surface area contributed by atoms with E-state index in [4.69, 9.17) is 5.73 Å². The zero-order valence-corrected chi connectivity index (χ0v) is 8.40. The van der Waals surface area contributed by atoms with Crippen molar-refractivity contribution in [3.8, 4) is 17.6 Å². The van der Waals surface area contributed by atoms with Gasteiger partial charge in [-0.05, 0) is 11.5 Å². The van der Waals surface area contributed by atoms with E-state index < -0.39 is 5.91 Å². The van der Waals surface area contributed by atoms with Crippen molar-refractivity contribution in [3.63, 3.8) is 0 Å². The number of carbonyl (C=O) groups excluding carboxylic acids is 1. The van der Waals surface area contributed by atoms with E-state index >= 15 is 0 Å². The highest BCUT2D eigenvalue weighted by Crippen LogP contribution is 2.27. The second-order valence-corrected chi connectivity index (χ2v) is 3.30. The van der Waals surface area contributed by atoms with Crippen LogP contribution in [-0.4, -0.2) is 11.0 Å². The van der Waals surface area contributed by atoms with Gasteiger partial charge in [-0.3, -0.25) is 4.79 Å². The predicted molar refractivity (Wildman–Crippen MR) is 61.7 cm³/mol. The second-order valence-electron chi connectivity index (χ2n) is 3.30. The van der Waals surface area contributed by atoms with Crippen LogP contribution in [0.4, 0.5) is 0 Å². The van der Waals surface area contributed by atoms with Crippen LogP contribution in [0.5, 0.6) is 5.75 Å². The Hall–Kier alpha value is -2.47. The zero-order valence-electron chi connectivity index (χ0n) is 8.40. The van der Waals surface area contributed by atoms with Crippen LogP contribution in [0.15, 0.2) is 36.4 Å². The molecule has 0 atom stereocenters. The molecule has 2 aromatic carbocycles. The van der Waals surface area contributed by atoms with E-state index in [-0.39, 0.29) is 5.75 Å². The Kier molecular flexibility index (Phi) is 2.49. The van der Waals surface area contributed by atoms with Gasteiger partial charge in [0.05, 0.1) is 5.56 Å². The summed E-state index contributed by atoms with van der Waals surface area (Å²) in [6, 6.07) is 10.9. The molecule has 0 saturated carbocycles. The van der Waals surface area contributed by atoms with Crippen molar-refractivity contribution in [2.45, 2.75) is 0 Å². The number of hydrogen-bond acceptors (Lipinski definition) is 2. The molecule has 0 aliphatic rings. The lowest BCUT2D eigenvalue weighted by Gasteiger charge is -2.02. The Labute approximate surface area is 92.5 Å². The number of benzene rings is 2. The minimum atomic E-state index is -0.715. The van der Waals surface area contributed by atoms with Crippen LogP contribution in [0, 0.1) is 11.8 Å². The highest BCUT2D eigenvalue weighted by molar-refractivity contribution is 5.94. The minimum absolute atomic E-state index is 0.0758. The Morgan fingerprint density at radius 2 is 1.94 bits per heavy atom. The van der Waals surface area contributed by atoms with Crippen LogP contribution >= 0.6 is 0 Å². The molecule has 0 bridgehead atoms. The van der Waals surface area contributed by atoms with Crippen molar-refractivity contribution in [3.05, 3.63) is 42.0 Å². The number of primary amides is 1. The number of phenolic OH excluding ortho intramolecular Hbond substituents is 1. The van der Waals surface area contributed by atoms with Gasteiger partial charge in [-0.25, -0.2) is 0 Å². The van der Waals surface area contributed by atoms with Gasteiger partial charge in [-0.15, -0.1) is 0 Å². The molecule has 16 heavy (non-hydrogen) atoms. The normalized spacial score (nSPS) is 9.50. The molecule has 0 aliphatic carbocycles. The maximum atomic E-state index is 10.5. The van der Waals surface area contributed by atoms with Gasteiger partial charge in [0, 0.05) is 11.3 Å². The number of amides is 1. The largest absolute Gasteiger partial charge is 0.506 e. The SMILES string of the molecule is NC(=O)C#Cc1ccc2ccccc2c1O. The molecule has 3 heteroatoms. The molecule has 0 spiro atoms. The van der Waals surface area contributed by atoms with Crippen LogP contribution in [0.3, 0.4) is 0 Å². The summed E-state index contributed by atoms with van der Waals surface area (Å²) in [7, 11) is 0. The smallest absolute Gasteiger partial charge is 0.293 e. The van der Waals surface area contributed by atoms with E-state index in [0.29, 0.717) is 10.9 Å². The molecule has 0 unspecified atom stereocenters. The van der Waals surface area contributed by atoms with Gasteiger partial charge in [-0.1, -0.05) is 36.3 Å². The third kappa shape index (κ3) is 1.82. The summed E-state index contributed by atoms with van der Waals surface area (Å²) in [6.07, 6.45) is 0. The van der Waals surface area contributed by atoms with Gasteiger partial charge in [0.15, 0.2) is 0 Å². The predicted octanol–water partition coefficient (Wildman–Crippen LogP) is 1.38. The summed E-state index contributed by atoms with van der Waals surface area (Å²) < 4.78 is 0. The first-order valence-electron chi connectivity index (χ1n) is 4.70. The van der Waals surface area contributed by atoms with Gasteiger partial charge in [0.2, 0.25) is 0 Å². The van der Waals surface area contributed by atoms with Gasteiger partial charge < -0.3 is 10.8 Å². The maximum absolute atomic E-state index is 10.5. The molecule has 3 nitrogen and oxygen atoms in total. The molecule has 3 N–H and O–H groups in total. The van der Waals surface area contributed by atoms with Crippen molar-refractivity contribution in [2.75, 3.05) is 0 Å². The number of carbonyl (C=O) groups is 1. The van der Waals surface area contributed by atoms with Crippen LogP contribution in [0.1, 0.15) is 5.56 Å². The fourth-order valence-corrected chi connectivity index (χ4v) is 1.48. The Balaban J connectivity index is 2.62. The molecule has 2 rings (SSSR count).